The van der Waals surface area contributed by atoms with Crippen molar-refractivity contribution in [3.8, 4) is 11.5 Å². The molecule has 0 saturated carbocycles. The molecular formula is C22H23N3O5S. The lowest BCUT2D eigenvalue weighted by atomic mass is 9.88. The summed E-state index contributed by atoms with van der Waals surface area (Å²) < 4.78 is 11.1. The van der Waals surface area contributed by atoms with Gasteiger partial charge in [-0.1, -0.05) is 30.3 Å². The molecule has 0 amide bonds. The number of ketones is 1. The second-order valence-corrected chi connectivity index (χ2v) is 7.66. The van der Waals surface area contributed by atoms with E-state index in [9.17, 15) is 14.9 Å². The molecular weight excluding hydrogens is 418 g/mol. The van der Waals surface area contributed by atoms with Crippen molar-refractivity contribution in [2.24, 2.45) is 0 Å². The first-order valence-corrected chi connectivity index (χ1v) is 10.0. The van der Waals surface area contributed by atoms with Gasteiger partial charge in [-0.2, -0.15) is 0 Å². The smallest absolute Gasteiger partial charge is 0.279 e. The van der Waals surface area contributed by atoms with Gasteiger partial charge < -0.3 is 20.1 Å². The van der Waals surface area contributed by atoms with Gasteiger partial charge in [-0.25, -0.2) is 0 Å². The summed E-state index contributed by atoms with van der Waals surface area (Å²) in [4.78, 5) is 24.8. The molecule has 0 aliphatic carbocycles. The summed E-state index contributed by atoms with van der Waals surface area (Å²) in [5.41, 5.74) is 1.38. The van der Waals surface area contributed by atoms with E-state index in [4.69, 9.17) is 21.7 Å². The van der Waals surface area contributed by atoms with Crippen LogP contribution in [0.5, 0.6) is 11.5 Å². The van der Waals surface area contributed by atoms with E-state index in [2.05, 4.69) is 10.6 Å². The average Bonchev–Trinajstić information content (AvgIpc) is 2.72. The molecule has 1 heterocycles. The van der Waals surface area contributed by atoms with Crippen molar-refractivity contribution >= 4 is 28.8 Å². The number of carbonyl (C=O) groups is 1. The van der Waals surface area contributed by atoms with Crippen LogP contribution in [-0.4, -0.2) is 29.0 Å². The van der Waals surface area contributed by atoms with Crippen LogP contribution in [-0.2, 0) is 0 Å². The van der Waals surface area contributed by atoms with Gasteiger partial charge in [-0.05, 0) is 39.1 Å². The third kappa shape index (κ3) is 4.66. The van der Waals surface area contributed by atoms with E-state index in [1.165, 1.54) is 19.2 Å². The first-order chi connectivity index (χ1) is 14.7. The summed E-state index contributed by atoms with van der Waals surface area (Å²) in [6, 6.07) is 10.7. The second kappa shape index (κ2) is 9.13. The molecule has 9 heteroatoms. The molecule has 2 aromatic rings. The highest BCUT2D eigenvalue weighted by atomic mass is 32.1. The van der Waals surface area contributed by atoms with Crippen LogP contribution in [0.4, 0.5) is 5.69 Å². The largest absolute Gasteiger partial charge is 0.493 e. The number of rotatable bonds is 7. The van der Waals surface area contributed by atoms with E-state index in [0.717, 1.165) is 0 Å². The quantitative estimate of drug-likeness (QED) is 0.287. The lowest BCUT2D eigenvalue weighted by Crippen LogP contribution is -2.45. The topological polar surface area (TPSA) is 103 Å². The van der Waals surface area contributed by atoms with E-state index in [0.29, 0.717) is 22.6 Å². The summed E-state index contributed by atoms with van der Waals surface area (Å²) in [6.07, 6.45) is -0.187. The van der Waals surface area contributed by atoms with Gasteiger partial charge in [0.05, 0.1) is 35.8 Å². The predicted octanol–water partition coefficient (Wildman–Crippen LogP) is 4.07. The highest BCUT2D eigenvalue weighted by Gasteiger charge is 2.35. The maximum Gasteiger partial charge on any atom is 0.279 e. The van der Waals surface area contributed by atoms with Gasteiger partial charge in [0.1, 0.15) is 0 Å². The highest BCUT2D eigenvalue weighted by Crippen LogP contribution is 2.41. The lowest BCUT2D eigenvalue weighted by molar-refractivity contribution is -0.385. The normalized spacial score (nSPS) is 15.9. The van der Waals surface area contributed by atoms with Crippen molar-refractivity contribution in [1.29, 1.82) is 0 Å². The van der Waals surface area contributed by atoms with Gasteiger partial charge in [0.2, 0.25) is 0 Å². The number of nitrogens with one attached hydrogen (secondary N) is 2. The Hall–Kier alpha value is -3.46. The van der Waals surface area contributed by atoms with Crippen LogP contribution in [0.2, 0.25) is 0 Å². The number of nitro benzene ring substituents is 1. The molecule has 2 N–H and O–H groups in total. The molecule has 1 atom stereocenters. The molecule has 0 saturated heterocycles. The maximum absolute atomic E-state index is 13.4. The van der Waals surface area contributed by atoms with Crippen molar-refractivity contribution < 1.29 is 19.2 Å². The molecule has 162 valence electrons. The number of benzene rings is 2. The van der Waals surface area contributed by atoms with Gasteiger partial charge in [-0.15, -0.1) is 0 Å². The number of nitrogens with zero attached hydrogens (tertiary/aromatic N) is 1. The van der Waals surface area contributed by atoms with Crippen molar-refractivity contribution in [1.82, 2.24) is 10.6 Å². The summed E-state index contributed by atoms with van der Waals surface area (Å²) in [5.74, 6) is 0.313. The Morgan fingerprint density at radius 1 is 1.19 bits per heavy atom. The Kier molecular flexibility index (Phi) is 6.55. The Bertz CT molecular complexity index is 1070. The van der Waals surface area contributed by atoms with Crippen molar-refractivity contribution in [2.45, 2.75) is 32.9 Å². The maximum atomic E-state index is 13.4. The summed E-state index contributed by atoms with van der Waals surface area (Å²) in [6.45, 7) is 5.40. The van der Waals surface area contributed by atoms with Crippen LogP contribution in [0.1, 0.15) is 42.7 Å². The van der Waals surface area contributed by atoms with E-state index >= 15 is 0 Å². The van der Waals surface area contributed by atoms with Gasteiger partial charge >= 0.3 is 0 Å². The van der Waals surface area contributed by atoms with Crippen molar-refractivity contribution in [3.05, 3.63) is 75.0 Å². The van der Waals surface area contributed by atoms with Crippen LogP contribution >= 0.6 is 12.2 Å². The fourth-order valence-electron chi connectivity index (χ4n) is 3.43. The van der Waals surface area contributed by atoms with Crippen molar-refractivity contribution in [3.63, 3.8) is 0 Å². The third-order valence-corrected chi connectivity index (χ3v) is 4.95. The number of hydrogen-bond acceptors (Lipinski definition) is 6. The zero-order valence-electron chi connectivity index (χ0n) is 17.6. The first-order valence-electron chi connectivity index (χ1n) is 9.64. The number of methoxy groups -OCH3 is 1. The monoisotopic (exact) mass is 441 g/mol. The van der Waals surface area contributed by atoms with Gasteiger partial charge in [0, 0.05) is 16.8 Å². The number of ether oxygens (including phenoxy) is 2. The molecule has 0 spiro atoms. The minimum Gasteiger partial charge on any atom is -0.493 e. The number of hydrogen-bond donors (Lipinski definition) is 2. The first kappa shape index (κ1) is 22.2. The van der Waals surface area contributed by atoms with Crippen LogP contribution in [0.15, 0.2) is 53.7 Å². The molecule has 0 aromatic heterocycles. The SMILES string of the molecule is COc1cc([N+](=O)[O-])c(C2NC(=S)NC(C)=C2C(=O)c2ccccc2)cc1OC(C)C. The zero-order valence-corrected chi connectivity index (χ0v) is 18.4. The molecule has 1 aliphatic rings. The number of carbonyl (C=O) groups excluding carboxylic acids is 1. The fraction of sp³-hybridized carbons (Fsp3) is 0.273. The molecule has 0 radical (unpaired) electrons. The Balaban J connectivity index is 2.22. The van der Waals surface area contributed by atoms with Gasteiger partial charge in [0.15, 0.2) is 22.4 Å². The Morgan fingerprint density at radius 3 is 2.45 bits per heavy atom. The minimum absolute atomic E-state index is 0.187. The minimum atomic E-state index is -0.845. The molecule has 0 fully saturated rings. The molecule has 3 rings (SSSR count). The molecule has 8 nitrogen and oxygen atoms in total. The van der Waals surface area contributed by atoms with E-state index in [-0.39, 0.29) is 34.0 Å². The molecule has 1 unspecified atom stereocenters. The number of nitro groups is 1. The fourth-order valence-corrected chi connectivity index (χ4v) is 3.70. The second-order valence-electron chi connectivity index (χ2n) is 7.25. The summed E-state index contributed by atoms with van der Waals surface area (Å²) >= 11 is 5.28. The third-order valence-electron chi connectivity index (χ3n) is 4.73. The van der Waals surface area contributed by atoms with E-state index < -0.39 is 11.0 Å². The zero-order chi connectivity index (χ0) is 22.7. The number of Topliss-reactive ketones (excluding diaryl/α,β-unsaturated/α-hetero) is 1. The average molecular weight is 442 g/mol. The Morgan fingerprint density at radius 2 is 1.87 bits per heavy atom. The van der Waals surface area contributed by atoms with E-state index in [1.807, 2.05) is 19.9 Å². The van der Waals surface area contributed by atoms with E-state index in [1.54, 1.807) is 31.2 Å². The predicted molar refractivity (Wildman–Crippen MR) is 120 cm³/mol. The van der Waals surface area contributed by atoms with Crippen LogP contribution in [0.25, 0.3) is 0 Å². The molecule has 31 heavy (non-hydrogen) atoms. The van der Waals surface area contributed by atoms with Gasteiger partial charge in [0.25, 0.3) is 5.69 Å². The molecule has 0 bridgehead atoms. The highest BCUT2D eigenvalue weighted by molar-refractivity contribution is 7.80. The molecule has 1 aliphatic heterocycles. The van der Waals surface area contributed by atoms with Gasteiger partial charge in [-0.3, -0.25) is 14.9 Å². The van der Waals surface area contributed by atoms with Crippen LogP contribution < -0.4 is 20.1 Å². The summed E-state index contributed by atoms with van der Waals surface area (Å²) in [5, 5.41) is 18.1. The molecule has 2 aromatic carbocycles. The number of allylic oxidation sites excluding steroid dienone is 1. The summed E-state index contributed by atoms with van der Waals surface area (Å²) in [7, 11) is 1.41. The van der Waals surface area contributed by atoms with Crippen LogP contribution in [0.3, 0.4) is 0 Å². The van der Waals surface area contributed by atoms with Crippen LogP contribution in [0, 0.1) is 10.1 Å². The Labute approximate surface area is 185 Å². The standard InChI is InChI=1S/C22H23N3O5S/c1-12(2)30-18-10-15(16(25(27)28)11-17(18)29-4)20-19(13(3)23-22(31)24-20)21(26)14-8-6-5-7-9-14/h5-12,20H,1-4H3,(H2,23,24,31). The number of thiocarbonyl (C=S) groups is 1. The lowest BCUT2D eigenvalue weighted by Gasteiger charge is -2.30. The van der Waals surface area contributed by atoms with Crippen molar-refractivity contribution in [2.75, 3.05) is 7.11 Å².